The number of rotatable bonds is 18. The van der Waals surface area contributed by atoms with Gasteiger partial charge in [0.15, 0.2) is 0 Å². The topological polar surface area (TPSA) is 123 Å². The molecule has 3 amide bonds. The molecule has 10 heteroatoms. The van der Waals surface area contributed by atoms with Crippen molar-refractivity contribution >= 4 is 24.0 Å². The smallest absolute Gasteiger partial charge is 0.242 e. The average Bonchev–Trinajstić information content (AvgIpc) is 3.25. The number of amides is 3. The molecule has 0 aromatic carbocycles. The summed E-state index contributed by atoms with van der Waals surface area (Å²) in [5.41, 5.74) is 0. The Morgan fingerprint density at radius 3 is 2.10 bits per heavy atom. The maximum Gasteiger partial charge on any atom is 0.242 e. The van der Waals surface area contributed by atoms with Crippen LogP contribution in [0.25, 0.3) is 0 Å². The van der Waals surface area contributed by atoms with E-state index in [9.17, 15) is 19.2 Å². The van der Waals surface area contributed by atoms with E-state index in [0.29, 0.717) is 72.1 Å². The molecule has 178 valence electrons. The summed E-state index contributed by atoms with van der Waals surface area (Å²) in [5, 5.41) is 5.59. The number of nitrogens with zero attached hydrogens (tertiary/aromatic N) is 1. The number of likely N-dealkylation sites (tertiary alicyclic amines) is 1. The molecule has 0 aliphatic carbocycles. The van der Waals surface area contributed by atoms with Gasteiger partial charge in [0.2, 0.25) is 17.7 Å². The number of carbonyl (C=O) groups excluding carboxylic acids is 4. The number of hydrogen-bond acceptors (Lipinski definition) is 7. The highest BCUT2D eigenvalue weighted by molar-refractivity contribution is 5.87. The van der Waals surface area contributed by atoms with Gasteiger partial charge < -0.3 is 34.5 Å². The second-order valence-electron chi connectivity index (χ2n) is 7.26. The molecule has 31 heavy (non-hydrogen) atoms. The van der Waals surface area contributed by atoms with Gasteiger partial charge >= 0.3 is 0 Å². The third kappa shape index (κ3) is 13.1. The van der Waals surface area contributed by atoms with Crippen LogP contribution in [0.4, 0.5) is 0 Å². The van der Waals surface area contributed by atoms with Crippen LogP contribution in [0.2, 0.25) is 0 Å². The van der Waals surface area contributed by atoms with E-state index >= 15 is 0 Å². The Labute approximate surface area is 184 Å². The Kier molecular flexibility index (Phi) is 15.3. The van der Waals surface area contributed by atoms with E-state index in [1.54, 1.807) is 4.90 Å². The van der Waals surface area contributed by atoms with E-state index in [1.165, 1.54) is 6.92 Å². The van der Waals surface area contributed by atoms with Crippen molar-refractivity contribution < 1.29 is 33.4 Å². The lowest BCUT2D eigenvalue weighted by atomic mass is 10.2. The van der Waals surface area contributed by atoms with Crippen LogP contribution >= 0.6 is 0 Å². The zero-order chi connectivity index (χ0) is 22.7. The molecule has 1 saturated heterocycles. The fraction of sp³-hybridized carbons (Fsp3) is 0.810. The average molecular weight is 444 g/mol. The van der Waals surface area contributed by atoms with Gasteiger partial charge in [-0.15, -0.1) is 0 Å². The summed E-state index contributed by atoms with van der Waals surface area (Å²) in [5.74, 6) is -0.259. The third-order valence-corrected chi connectivity index (χ3v) is 4.75. The van der Waals surface area contributed by atoms with Gasteiger partial charge in [-0.05, 0) is 25.7 Å². The minimum absolute atomic E-state index is 0.0534. The molecule has 1 rings (SSSR count). The Morgan fingerprint density at radius 2 is 1.52 bits per heavy atom. The lowest BCUT2D eigenvalue weighted by molar-refractivity contribution is -0.136. The summed E-state index contributed by atoms with van der Waals surface area (Å²) in [6, 6.07) is -0.332. The number of hydrogen-bond donors (Lipinski definition) is 2. The highest BCUT2D eigenvalue weighted by atomic mass is 16.5. The molecule has 1 aliphatic rings. The van der Waals surface area contributed by atoms with E-state index in [2.05, 4.69) is 10.6 Å². The zero-order valence-electron chi connectivity index (χ0n) is 18.6. The molecule has 0 aromatic heterocycles. The van der Waals surface area contributed by atoms with Crippen LogP contribution < -0.4 is 10.6 Å². The first kappa shape index (κ1) is 27.0. The van der Waals surface area contributed by atoms with Gasteiger partial charge in [-0.2, -0.15) is 0 Å². The van der Waals surface area contributed by atoms with Crippen LogP contribution in [0, 0.1) is 0 Å². The standard InChI is InChI=1S/C21H37N3O7/c1-18(26)24-10-2-6-19(24)21(28)23-9-5-13-30-15-17-31-16-14-29-12-4-8-22-20(27)7-3-11-25/h11,19H,2-10,12-17H2,1H3,(H,22,27)(H,23,28). The van der Waals surface area contributed by atoms with Crippen molar-refractivity contribution in [1.29, 1.82) is 0 Å². The first-order valence-electron chi connectivity index (χ1n) is 11.0. The normalized spacial score (nSPS) is 15.6. The van der Waals surface area contributed by atoms with Crippen molar-refractivity contribution in [2.24, 2.45) is 0 Å². The monoisotopic (exact) mass is 443 g/mol. The number of aldehydes is 1. The predicted octanol–water partition coefficient (Wildman–Crippen LogP) is 0.0388. The van der Waals surface area contributed by atoms with Crippen molar-refractivity contribution in [2.45, 2.75) is 51.5 Å². The van der Waals surface area contributed by atoms with E-state index in [-0.39, 0.29) is 36.6 Å². The first-order valence-corrected chi connectivity index (χ1v) is 11.0. The third-order valence-electron chi connectivity index (χ3n) is 4.75. The largest absolute Gasteiger partial charge is 0.379 e. The van der Waals surface area contributed by atoms with Crippen molar-refractivity contribution in [2.75, 3.05) is 59.3 Å². The SMILES string of the molecule is CC(=O)N1CCCC1C(=O)NCCCOCCOCCOCCCNC(=O)CCC=O. The van der Waals surface area contributed by atoms with Gasteiger partial charge in [-0.3, -0.25) is 14.4 Å². The molecule has 10 nitrogen and oxygen atoms in total. The summed E-state index contributed by atoms with van der Waals surface area (Å²) in [4.78, 5) is 46.7. The van der Waals surface area contributed by atoms with E-state index < -0.39 is 0 Å². The van der Waals surface area contributed by atoms with Gasteiger partial charge in [0.1, 0.15) is 12.3 Å². The maximum absolute atomic E-state index is 12.1. The van der Waals surface area contributed by atoms with Gasteiger partial charge in [-0.25, -0.2) is 0 Å². The second kappa shape index (κ2) is 17.6. The van der Waals surface area contributed by atoms with Gasteiger partial charge in [-0.1, -0.05) is 0 Å². The van der Waals surface area contributed by atoms with Crippen LogP contribution in [0.3, 0.4) is 0 Å². The molecule has 2 N–H and O–H groups in total. The fourth-order valence-electron chi connectivity index (χ4n) is 3.14. The Morgan fingerprint density at radius 1 is 0.935 bits per heavy atom. The van der Waals surface area contributed by atoms with E-state index in [1.807, 2.05) is 0 Å². The highest BCUT2D eigenvalue weighted by Crippen LogP contribution is 2.17. The quantitative estimate of drug-likeness (QED) is 0.226. The lowest BCUT2D eigenvalue weighted by Gasteiger charge is -2.22. The van der Waals surface area contributed by atoms with Crippen LogP contribution in [-0.4, -0.2) is 94.2 Å². The Hall–Kier alpha value is -2.04. The minimum Gasteiger partial charge on any atom is -0.379 e. The van der Waals surface area contributed by atoms with Crippen LogP contribution in [0.5, 0.6) is 0 Å². The number of nitrogens with one attached hydrogen (secondary N) is 2. The van der Waals surface area contributed by atoms with E-state index in [0.717, 1.165) is 19.1 Å². The van der Waals surface area contributed by atoms with Crippen LogP contribution in [0.1, 0.15) is 45.4 Å². The Bertz CT molecular complexity index is 545. The summed E-state index contributed by atoms with van der Waals surface area (Å²) >= 11 is 0. The van der Waals surface area contributed by atoms with Gasteiger partial charge in [0, 0.05) is 52.6 Å². The van der Waals surface area contributed by atoms with Gasteiger partial charge in [0.25, 0.3) is 0 Å². The first-order chi connectivity index (χ1) is 15.1. The van der Waals surface area contributed by atoms with Crippen LogP contribution in [0.15, 0.2) is 0 Å². The molecule has 1 atom stereocenters. The molecule has 0 saturated carbocycles. The van der Waals surface area contributed by atoms with Crippen molar-refractivity contribution in [3.63, 3.8) is 0 Å². The summed E-state index contributed by atoms with van der Waals surface area (Å²) < 4.78 is 16.3. The molecule has 0 aromatic rings. The molecule has 1 fully saturated rings. The van der Waals surface area contributed by atoms with Crippen molar-refractivity contribution in [3.8, 4) is 0 Å². The summed E-state index contributed by atoms with van der Waals surface area (Å²) in [7, 11) is 0. The number of carbonyl (C=O) groups is 4. The van der Waals surface area contributed by atoms with Gasteiger partial charge in [0.05, 0.1) is 26.4 Å². The molecular formula is C21H37N3O7. The zero-order valence-corrected chi connectivity index (χ0v) is 18.6. The molecular weight excluding hydrogens is 406 g/mol. The fourth-order valence-corrected chi connectivity index (χ4v) is 3.14. The lowest BCUT2D eigenvalue weighted by Crippen LogP contribution is -2.45. The van der Waals surface area contributed by atoms with Crippen molar-refractivity contribution in [3.05, 3.63) is 0 Å². The maximum atomic E-state index is 12.1. The van der Waals surface area contributed by atoms with E-state index in [4.69, 9.17) is 14.2 Å². The summed E-state index contributed by atoms with van der Waals surface area (Å²) in [6.07, 6.45) is 4.22. The second-order valence-corrected chi connectivity index (χ2v) is 7.26. The summed E-state index contributed by atoms with van der Waals surface area (Å²) in [6.45, 7) is 6.15. The molecule has 1 aliphatic heterocycles. The molecule has 0 bridgehead atoms. The molecule has 1 unspecified atom stereocenters. The van der Waals surface area contributed by atoms with Crippen LogP contribution in [-0.2, 0) is 33.4 Å². The number of ether oxygens (including phenoxy) is 3. The predicted molar refractivity (Wildman–Crippen MR) is 113 cm³/mol. The minimum atomic E-state index is -0.332. The molecule has 1 heterocycles. The molecule has 0 spiro atoms. The van der Waals surface area contributed by atoms with Crippen molar-refractivity contribution in [1.82, 2.24) is 15.5 Å². The molecule has 0 radical (unpaired) electrons. The highest BCUT2D eigenvalue weighted by Gasteiger charge is 2.31. The Balaban J connectivity index is 1.82.